The van der Waals surface area contributed by atoms with E-state index in [2.05, 4.69) is 5.32 Å². The second-order valence-corrected chi connectivity index (χ2v) is 5.40. The Balaban J connectivity index is 2.05. The maximum Gasteiger partial charge on any atom is 0.254 e. The normalized spacial score (nSPS) is 18.5. The van der Waals surface area contributed by atoms with Crippen LogP contribution in [0.5, 0.6) is 0 Å². The van der Waals surface area contributed by atoms with Crippen LogP contribution in [0.25, 0.3) is 0 Å². The van der Waals surface area contributed by atoms with Gasteiger partial charge in [0.1, 0.15) is 5.82 Å². The Kier molecular flexibility index (Phi) is 6.30. The number of nitrogens with one attached hydrogen (secondary N) is 1. The number of hydrogen-bond donors (Lipinski definition) is 1. The van der Waals surface area contributed by atoms with Gasteiger partial charge in [-0.15, -0.1) is 0 Å². The van der Waals surface area contributed by atoms with Crippen molar-refractivity contribution < 1.29 is 18.7 Å². The lowest BCUT2D eigenvalue weighted by atomic mass is 10.1. The van der Waals surface area contributed by atoms with Crippen LogP contribution in [-0.2, 0) is 16.1 Å². The summed E-state index contributed by atoms with van der Waals surface area (Å²) >= 11 is 0. The molecule has 0 saturated carbocycles. The highest BCUT2D eigenvalue weighted by molar-refractivity contribution is 5.94. The van der Waals surface area contributed by atoms with E-state index in [4.69, 9.17) is 9.47 Å². The van der Waals surface area contributed by atoms with Gasteiger partial charge in [0.05, 0.1) is 19.8 Å². The molecule has 122 valence electrons. The average molecular weight is 310 g/mol. The molecule has 1 aliphatic heterocycles. The van der Waals surface area contributed by atoms with Crippen molar-refractivity contribution in [3.63, 3.8) is 0 Å². The summed E-state index contributed by atoms with van der Waals surface area (Å²) in [5.74, 6) is -0.422. The lowest BCUT2D eigenvalue weighted by molar-refractivity contribution is 0.0600. The van der Waals surface area contributed by atoms with E-state index in [1.165, 1.54) is 12.1 Å². The molecular weight excluding hydrogens is 287 g/mol. The van der Waals surface area contributed by atoms with E-state index in [9.17, 15) is 9.18 Å². The van der Waals surface area contributed by atoms with Gasteiger partial charge in [-0.25, -0.2) is 4.39 Å². The predicted octanol–water partition coefficient (Wildman–Crippen LogP) is 1.42. The van der Waals surface area contributed by atoms with Gasteiger partial charge in [0.25, 0.3) is 5.91 Å². The lowest BCUT2D eigenvalue weighted by Crippen LogP contribution is -2.52. The molecule has 1 fully saturated rings. The number of halogens is 1. The zero-order valence-electron chi connectivity index (χ0n) is 13.1. The van der Waals surface area contributed by atoms with Crippen molar-refractivity contribution in [2.24, 2.45) is 0 Å². The van der Waals surface area contributed by atoms with Crippen LogP contribution in [0.3, 0.4) is 0 Å². The lowest BCUT2D eigenvalue weighted by Gasteiger charge is -2.34. The summed E-state index contributed by atoms with van der Waals surface area (Å²) in [6.45, 7) is 5.21. The summed E-state index contributed by atoms with van der Waals surface area (Å²) in [5, 5.41) is 3.25. The van der Waals surface area contributed by atoms with Gasteiger partial charge in [-0.2, -0.15) is 0 Å². The summed E-state index contributed by atoms with van der Waals surface area (Å²) in [4.78, 5) is 14.4. The Bertz CT molecular complexity index is 510. The molecule has 1 atom stereocenters. The topological polar surface area (TPSA) is 50.8 Å². The highest BCUT2D eigenvalue weighted by Gasteiger charge is 2.24. The molecule has 1 unspecified atom stereocenters. The second kappa shape index (κ2) is 8.22. The zero-order valence-corrected chi connectivity index (χ0v) is 13.1. The molecule has 0 radical (unpaired) electrons. The van der Waals surface area contributed by atoms with Gasteiger partial charge < -0.3 is 19.7 Å². The van der Waals surface area contributed by atoms with Crippen LogP contribution in [0.4, 0.5) is 4.39 Å². The van der Waals surface area contributed by atoms with Crippen LogP contribution < -0.4 is 5.32 Å². The van der Waals surface area contributed by atoms with E-state index in [-0.39, 0.29) is 24.4 Å². The Morgan fingerprint density at radius 2 is 2.27 bits per heavy atom. The predicted molar refractivity (Wildman–Crippen MR) is 81.3 cm³/mol. The van der Waals surface area contributed by atoms with Crippen LogP contribution in [-0.4, -0.2) is 56.8 Å². The van der Waals surface area contributed by atoms with Gasteiger partial charge in [-0.3, -0.25) is 4.79 Å². The van der Waals surface area contributed by atoms with Crippen molar-refractivity contribution in [3.8, 4) is 0 Å². The van der Waals surface area contributed by atoms with Gasteiger partial charge in [-0.05, 0) is 25.1 Å². The van der Waals surface area contributed by atoms with Crippen molar-refractivity contribution in [1.82, 2.24) is 10.2 Å². The smallest absolute Gasteiger partial charge is 0.254 e. The fourth-order valence-electron chi connectivity index (χ4n) is 2.45. The third-order valence-electron chi connectivity index (χ3n) is 3.74. The van der Waals surface area contributed by atoms with Crippen LogP contribution in [0.2, 0.25) is 0 Å². The third kappa shape index (κ3) is 4.25. The summed E-state index contributed by atoms with van der Waals surface area (Å²) in [6, 6.07) is 4.58. The summed E-state index contributed by atoms with van der Waals surface area (Å²) in [7, 11) is 1.58. The maximum atomic E-state index is 13.8. The van der Waals surface area contributed by atoms with Crippen LogP contribution >= 0.6 is 0 Å². The first-order chi connectivity index (χ1) is 10.6. The van der Waals surface area contributed by atoms with E-state index in [0.717, 1.165) is 13.1 Å². The first kappa shape index (κ1) is 16.9. The minimum absolute atomic E-state index is 0.0628. The third-order valence-corrected chi connectivity index (χ3v) is 3.74. The van der Waals surface area contributed by atoms with Gasteiger partial charge in [0.15, 0.2) is 0 Å². The van der Waals surface area contributed by atoms with Crippen molar-refractivity contribution in [2.75, 3.05) is 40.0 Å². The molecule has 1 aromatic carbocycles. The molecular formula is C16H23FN2O3. The molecule has 0 aromatic heterocycles. The van der Waals surface area contributed by atoms with Gasteiger partial charge in [0.2, 0.25) is 0 Å². The molecule has 6 heteroatoms. The number of hydrogen-bond acceptors (Lipinski definition) is 4. The minimum atomic E-state index is -0.359. The number of rotatable bonds is 6. The molecule has 22 heavy (non-hydrogen) atoms. The molecule has 2 rings (SSSR count). The van der Waals surface area contributed by atoms with Gasteiger partial charge in [0, 0.05) is 43.9 Å². The molecule has 0 bridgehead atoms. The number of amides is 1. The van der Waals surface area contributed by atoms with Crippen molar-refractivity contribution in [3.05, 3.63) is 35.1 Å². The largest absolute Gasteiger partial charge is 0.382 e. The molecule has 1 saturated heterocycles. The number of piperazine rings is 1. The number of carbonyl (C=O) groups is 1. The fourth-order valence-corrected chi connectivity index (χ4v) is 2.45. The quantitative estimate of drug-likeness (QED) is 0.808. The highest BCUT2D eigenvalue weighted by atomic mass is 19.1. The summed E-state index contributed by atoms with van der Waals surface area (Å²) < 4.78 is 24.0. The fraction of sp³-hybridized carbons (Fsp3) is 0.562. The number of nitrogens with zero attached hydrogens (tertiary/aromatic N) is 1. The first-order valence-corrected chi connectivity index (χ1v) is 7.50. The standard InChI is InChI=1S/C16H23FN2O3/c1-12-10-18-5-6-19(12)16(20)13-3-4-15(17)14(9-13)11-22-8-7-21-2/h3-4,9,12,18H,5-8,10-11H2,1-2H3. The number of ether oxygens (including phenoxy) is 2. The van der Waals surface area contributed by atoms with E-state index >= 15 is 0 Å². The molecule has 1 amide bonds. The van der Waals surface area contributed by atoms with Crippen molar-refractivity contribution in [2.45, 2.75) is 19.6 Å². The number of benzene rings is 1. The second-order valence-electron chi connectivity index (χ2n) is 5.40. The maximum absolute atomic E-state index is 13.8. The van der Waals surface area contributed by atoms with E-state index in [1.807, 2.05) is 11.8 Å². The minimum Gasteiger partial charge on any atom is -0.382 e. The van der Waals surface area contributed by atoms with Crippen LogP contribution in [0, 0.1) is 5.82 Å². The Morgan fingerprint density at radius 1 is 1.45 bits per heavy atom. The average Bonchev–Trinajstić information content (AvgIpc) is 2.53. The van der Waals surface area contributed by atoms with E-state index in [1.54, 1.807) is 13.2 Å². The molecule has 1 heterocycles. The SMILES string of the molecule is COCCOCc1cc(C(=O)N2CCNCC2C)ccc1F. The molecule has 1 N–H and O–H groups in total. The van der Waals surface area contributed by atoms with Crippen molar-refractivity contribution in [1.29, 1.82) is 0 Å². The zero-order chi connectivity index (χ0) is 15.9. The monoisotopic (exact) mass is 310 g/mol. The summed E-state index contributed by atoms with van der Waals surface area (Å²) in [5.41, 5.74) is 0.894. The van der Waals surface area contributed by atoms with Crippen LogP contribution in [0.15, 0.2) is 18.2 Å². The molecule has 1 aromatic rings. The van der Waals surface area contributed by atoms with E-state index in [0.29, 0.717) is 30.9 Å². The van der Waals surface area contributed by atoms with Crippen LogP contribution in [0.1, 0.15) is 22.8 Å². The number of methoxy groups -OCH3 is 1. The summed E-state index contributed by atoms with van der Waals surface area (Å²) in [6.07, 6.45) is 0. The van der Waals surface area contributed by atoms with Crippen molar-refractivity contribution >= 4 is 5.91 Å². The molecule has 1 aliphatic rings. The van der Waals surface area contributed by atoms with Gasteiger partial charge >= 0.3 is 0 Å². The molecule has 0 aliphatic carbocycles. The van der Waals surface area contributed by atoms with E-state index < -0.39 is 0 Å². The highest BCUT2D eigenvalue weighted by Crippen LogP contribution is 2.16. The Hall–Kier alpha value is -1.50. The Labute approximate surface area is 130 Å². The van der Waals surface area contributed by atoms with Gasteiger partial charge in [-0.1, -0.05) is 0 Å². The molecule has 5 nitrogen and oxygen atoms in total. The molecule has 0 spiro atoms. The first-order valence-electron chi connectivity index (χ1n) is 7.50. The Morgan fingerprint density at radius 3 is 3.00 bits per heavy atom. The number of carbonyl (C=O) groups excluding carboxylic acids is 1.